The van der Waals surface area contributed by atoms with Crippen molar-refractivity contribution >= 4 is 46.9 Å². The van der Waals surface area contributed by atoms with Gasteiger partial charge in [-0.15, -0.1) is 0 Å². The molecule has 0 aliphatic carbocycles. The third-order valence-corrected chi connectivity index (χ3v) is 4.49. The molecule has 0 saturated carbocycles. The summed E-state index contributed by atoms with van der Waals surface area (Å²) < 4.78 is 5.77. The molecule has 0 aliphatic rings. The highest BCUT2D eigenvalue weighted by molar-refractivity contribution is 6.36. The summed E-state index contributed by atoms with van der Waals surface area (Å²) in [6.07, 6.45) is 1.52. The Labute approximate surface area is 177 Å². The summed E-state index contributed by atoms with van der Waals surface area (Å²) in [6, 6.07) is 19.5. The number of hydrogen-bond acceptors (Lipinski definition) is 3. The Kier molecular flexibility index (Phi) is 6.93. The molecule has 0 heterocycles. The van der Waals surface area contributed by atoms with Crippen molar-refractivity contribution in [3.05, 3.63) is 98.5 Å². The van der Waals surface area contributed by atoms with E-state index in [4.69, 9.17) is 39.5 Å². The Balaban J connectivity index is 1.60. The summed E-state index contributed by atoms with van der Waals surface area (Å²) in [7, 11) is 0. The zero-order valence-electron chi connectivity index (χ0n) is 14.5. The van der Waals surface area contributed by atoms with E-state index in [1.54, 1.807) is 12.1 Å². The fraction of sp³-hybridized carbons (Fsp3) is 0.0476. The number of rotatable bonds is 6. The molecule has 3 aromatic rings. The number of hydrogen-bond donors (Lipinski definition) is 1. The van der Waals surface area contributed by atoms with Crippen molar-refractivity contribution in [2.75, 3.05) is 0 Å². The number of carbonyl (C=O) groups excluding carboxylic acids is 1. The zero-order chi connectivity index (χ0) is 19.9. The average Bonchev–Trinajstić information content (AvgIpc) is 2.67. The topological polar surface area (TPSA) is 50.7 Å². The first-order valence-electron chi connectivity index (χ1n) is 8.27. The zero-order valence-corrected chi connectivity index (χ0v) is 16.8. The third kappa shape index (κ3) is 5.73. The van der Waals surface area contributed by atoms with Crippen molar-refractivity contribution < 1.29 is 9.53 Å². The Morgan fingerprint density at radius 2 is 1.75 bits per heavy atom. The number of ether oxygens (including phenoxy) is 1. The molecule has 0 fully saturated rings. The monoisotopic (exact) mass is 432 g/mol. The Morgan fingerprint density at radius 1 is 0.964 bits per heavy atom. The van der Waals surface area contributed by atoms with Crippen molar-refractivity contribution in [1.82, 2.24) is 5.43 Å². The minimum absolute atomic E-state index is 0.261. The maximum Gasteiger partial charge on any atom is 0.272 e. The number of hydrazone groups is 1. The van der Waals surface area contributed by atoms with E-state index in [0.29, 0.717) is 28.0 Å². The van der Waals surface area contributed by atoms with Gasteiger partial charge in [0.1, 0.15) is 12.4 Å². The van der Waals surface area contributed by atoms with Crippen molar-refractivity contribution in [3.63, 3.8) is 0 Å². The molecule has 0 spiro atoms. The predicted molar refractivity (Wildman–Crippen MR) is 114 cm³/mol. The van der Waals surface area contributed by atoms with E-state index in [1.807, 2.05) is 48.5 Å². The van der Waals surface area contributed by atoms with Gasteiger partial charge in [0.2, 0.25) is 0 Å². The second kappa shape index (κ2) is 9.60. The Bertz CT molecular complexity index is 1020. The highest BCUT2D eigenvalue weighted by Crippen LogP contribution is 2.21. The van der Waals surface area contributed by atoms with Crippen LogP contribution in [-0.4, -0.2) is 12.1 Å². The van der Waals surface area contributed by atoms with Gasteiger partial charge < -0.3 is 4.74 Å². The Hall–Kier alpha value is -2.53. The van der Waals surface area contributed by atoms with Gasteiger partial charge in [-0.2, -0.15) is 5.10 Å². The van der Waals surface area contributed by atoms with Crippen molar-refractivity contribution in [3.8, 4) is 5.75 Å². The molecule has 0 unspecified atom stereocenters. The maximum absolute atomic E-state index is 12.1. The van der Waals surface area contributed by atoms with E-state index in [0.717, 1.165) is 11.1 Å². The summed E-state index contributed by atoms with van der Waals surface area (Å²) in [4.78, 5) is 12.1. The van der Waals surface area contributed by atoms with Crippen LogP contribution in [0.2, 0.25) is 15.1 Å². The lowest BCUT2D eigenvalue weighted by Gasteiger charge is -2.07. The number of nitrogens with zero attached hydrogens (tertiary/aromatic N) is 1. The van der Waals surface area contributed by atoms with Crippen molar-refractivity contribution in [2.45, 2.75) is 6.61 Å². The molecular weight excluding hydrogens is 419 g/mol. The highest BCUT2D eigenvalue weighted by atomic mass is 35.5. The molecule has 0 aliphatic heterocycles. The lowest BCUT2D eigenvalue weighted by molar-refractivity contribution is 0.0955. The number of halogens is 3. The van der Waals surface area contributed by atoms with Gasteiger partial charge >= 0.3 is 0 Å². The summed E-state index contributed by atoms with van der Waals surface area (Å²) in [5.41, 5.74) is 4.47. The van der Waals surface area contributed by atoms with Gasteiger partial charge in [-0.1, -0.05) is 59.1 Å². The summed E-state index contributed by atoms with van der Waals surface area (Å²) in [5.74, 6) is 0.252. The first-order chi connectivity index (χ1) is 13.5. The predicted octanol–water partition coefficient (Wildman–Crippen LogP) is 5.99. The molecule has 0 saturated heterocycles. The second-order valence-electron chi connectivity index (χ2n) is 5.81. The lowest BCUT2D eigenvalue weighted by Crippen LogP contribution is -2.18. The van der Waals surface area contributed by atoms with Gasteiger partial charge in [0.05, 0.1) is 16.8 Å². The van der Waals surface area contributed by atoms with Crippen molar-refractivity contribution in [1.29, 1.82) is 0 Å². The second-order valence-corrected chi connectivity index (χ2v) is 7.09. The smallest absolute Gasteiger partial charge is 0.272 e. The maximum atomic E-state index is 12.1. The molecule has 0 aromatic heterocycles. The van der Waals surface area contributed by atoms with Crippen LogP contribution in [0.5, 0.6) is 5.75 Å². The van der Waals surface area contributed by atoms with Gasteiger partial charge in [-0.25, -0.2) is 5.43 Å². The molecule has 3 rings (SSSR count). The van der Waals surface area contributed by atoms with Crippen LogP contribution in [0.15, 0.2) is 71.8 Å². The molecule has 1 amide bonds. The number of benzene rings is 3. The number of nitrogens with one attached hydrogen (secondary N) is 1. The van der Waals surface area contributed by atoms with E-state index in [9.17, 15) is 4.79 Å². The quantitative estimate of drug-likeness (QED) is 0.383. The van der Waals surface area contributed by atoms with Crippen LogP contribution in [-0.2, 0) is 6.61 Å². The molecule has 142 valence electrons. The molecular formula is C21H15Cl3N2O2. The highest BCUT2D eigenvalue weighted by Gasteiger charge is 2.09. The minimum atomic E-state index is -0.425. The number of amides is 1. The van der Waals surface area contributed by atoms with E-state index in [-0.39, 0.29) is 5.02 Å². The summed E-state index contributed by atoms with van der Waals surface area (Å²) >= 11 is 17.8. The van der Waals surface area contributed by atoms with Crippen LogP contribution in [0.25, 0.3) is 0 Å². The van der Waals surface area contributed by atoms with Crippen LogP contribution in [0.1, 0.15) is 21.5 Å². The average molecular weight is 434 g/mol. The van der Waals surface area contributed by atoms with E-state index in [2.05, 4.69) is 10.5 Å². The van der Waals surface area contributed by atoms with Gasteiger partial charge in [0, 0.05) is 10.0 Å². The number of carbonyl (C=O) groups is 1. The summed E-state index contributed by atoms with van der Waals surface area (Å²) in [6.45, 7) is 0.396. The molecule has 4 nitrogen and oxygen atoms in total. The molecule has 0 atom stereocenters. The van der Waals surface area contributed by atoms with Gasteiger partial charge in [-0.3, -0.25) is 4.79 Å². The van der Waals surface area contributed by atoms with Gasteiger partial charge in [0.25, 0.3) is 5.91 Å². The van der Waals surface area contributed by atoms with Gasteiger partial charge in [0.15, 0.2) is 0 Å². The first kappa shape index (κ1) is 20.2. The minimum Gasteiger partial charge on any atom is -0.489 e. The normalized spacial score (nSPS) is 10.8. The first-order valence-corrected chi connectivity index (χ1v) is 9.40. The van der Waals surface area contributed by atoms with Crippen LogP contribution in [0, 0.1) is 0 Å². The third-order valence-electron chi connectivity index (χ3n) is 3.71. The lowest BCUT2D eigenvalue weighted by atomic mass is 10.2. The standard InChI is InChI=1S/C21H15Cl3N2O2/c22-16-5-1-4-15(9-16)13-28-18-6-2-3-14(10-18)12-25-26-21(27)19-8-7-17(23)11-20(19)24/h1-12H,13H2,(H,26,27)/b25-12+. The van der Waals surface area contributed by atoms with Crippen LogP contribution >= 0.6 is 34.8 Å². The van der Waals surface area contributed by atoms with Crippen LogP contribution in [0.4, 0.5) is 0 Å². The summed E-state index contributed by atoms with van der Waals surface area (Å²) in [5, 5.41) is 5.35. The fourth-order valence-electron chi connectivity index (χ4n) is 2.38. The molecule has 1 N–H and O–H groups in total. The van der Waals surface area contributed by atoms with Crippen LogP contribution in [0.3, 0.4) is 0 Å². The van der Waals surface area contributed by atoms with Gasteiger partial charge in [-0.05, 0) is 53.6 Å². The van der Waals surface area contributed by atoms with Crippen molar-refractivity contribution in [2.24, 2.45) is 5.10 Å². The SMILES string of the molecule is O=C(N/N=C/c1cccc(OCc2cccc(Cl)c2)c1)c1ccc(Cl)cc1Cl. The molecule has 0 radical (unpaired) electrons. The van der Waals surface area contributed by atoms with Crippen LogP contribution < -0.4 is 10.2 Å². The van der Waals surface area contributed by atoms with E-state index in [1.165, 1.54) is 12.3 Å². The molecule has 0 bridgehead atoms. The largest absolute Gasteiger partial charge is 0.489 e. The van der Waals surface area contributed by atoms with E-state index < -0.39 is 5.91 Å². The molecule has 3 aromatic carbocycles. The fourth-order valence-corrected chi connectivity index (χ4v) is 3.08. The molecule has 7 heteroatoms. The Morgan fingerprint density at radius 3 is 2.54 bits per heavy atom. The molecule has 28 heavy (non-hydrogen) atoms. The van der Waals surface area contributed by atoms with E-state index >= 15 is 0 Å².